The van der Waals surface area contributed by atoms with E-state index in [4.69, 9.17) is 37.4 Å². The smallest absolute Gasteiger partial charge is 0.333 e. The Balaban J connectivity index is 1.85. The maximum absolute atomic E-state index is 12.7. The largest absolute Gasteiger partial charge is 0.493 e. The van der Waals surface area contributed by atoms with Crippen molar-refractivity contribution >= 4 is 35.2 Å². The number of hydrogen-bond acceptors (Lipinski definition) is 5. The van der Waals surface area contributed by atoms with Gasteiger partial charge in [-0.25, -0.2) is 9.59 Å². The Morgan fingerprint density at radius 2 is 1.62 bits per heavy atom. The first-order valence-corrected chi connectivity index (χ1v) is 13.3. The van der Waals surface area contributed by atoms with Gasteiger partial charge in [-0.1, -0.05) is 48.7 Å². The van der Waals surface area contributed by atoms with Crippen LogP contribution in [0.15, 0.2) is 42.5 Å². The first-order valence-electron chi connectivity index (χ1n) is 12.5. The van der Waals surface area contributed by atoms with E-state index in [9.17, 15) is 14.7 Å². The number of rotatable bonds is 17. The number of unbranched alkanes of at least 4 members (excludes halogenated alkanes) is 1. The molecular formula is C27H36Cl2N2O6. The van der Waals surface area contributed by atoms with Gasteiger partial charge >= 0.3 is 12.0 Å². The van der Waals surface area contributed by atoms with E-state index in [0.717, 1.165) is 18.4 Å². The zero-order chi connectivity index (χ0) is 27.0. The van der Waals surface area contributed by atoms with E-state index in [1.807, 2.05) is 12.1 Å². The molecule has 0 saturated carbocycles. The molecule has 0 aliphatic carbocycles. The molecule has 0 spiro atoms. The fraction of sp³-hybridized carbons (Fsp3) is 0.481. The Labute approximate surface area is 228 Å². The second kappa shape index (κ2) is 16.9. The van der Waals surface area contributed by atoms with Gasteiger partial charge in [0.05, 0.1) is 13.2 Å². The maximum Gasteiger partial charge on any atom is 0.333 e. The van der Waals surface area contributed by atoms with Crippen molar-refractivity contribution in [2.45, 2.75) is 45.6 Å². The molecule has 0 fully saturated rings. The first-order chi connectivity index (χ1) is 17.8. The minimum atomic E-state index is -0.985. The molecule has 0 aliphatic heterocycles. The molecule has 1 unspecified atom stereocenters. The summed E-state index contributed by atoms with van der Waals surface area (Å²) in [4.78, 5) is 25.7. The molecule has 0 aromatic heterocycles. The van der Waals surface area contributed by atoms with Crippen molar-refractivity contribution < 1.29 is 28.9 Å². The number of halogens is 2. The molecule has 204 valence electrons. The van der Waals surface area contributed by atoms with Gasteiger partial charge in [0.1, 0.15) is 18.1 Å². The third-order valence-corrected chi connectivity index (χ3v) is 5.83. The van der Waals surface area contributed by atoms with Crippen molar-refractivity contribution in [3.8, 4) is 11.5 Å². The number of nitrogens with zero attached hydrogens (tertiary/aromatic N) is 1. The average molecular weight is 555 g/mol. The van der Waals surface area contributed by atoms with Crippen LogP contribution in [0.2, 0.25) is 10.0 Å². The van der Waals surface area contributed by atoms with Gasteiger partial charge < -0.3 is 29.5 Å². The third kappa shape index (κ3) is 11.9. The molecular weight excluding hydrogens is 519 g/mol. The van der Waals surface area contributed by atoms with Crippen LogP contribution in [0.1, 0.15) is 38.7 Å². The summed E-state index contributed by atoms with van der Waals surface area (Å²) in [7, 11) is 0. The Bertz CT molecular complexity index is 954. The molecule has 8 nitrogen and oxygen atoms in total. The summed E-state index contributed by atoms with van der Waals surface area (Å²) < 4.78 is 16.8. The van der Waals surface area contributed by atoms with Crippen molar-refractivity contribution in [2.24, 2.45) is 0 Å². The fourth-order valence-corrected chi connectivity index (χ4v) is 3.99. The minimum Gasteiger partial charge on any atom is -0.493 e. The second-order valence-corrected chi connectivity index (χ2v) is 9.23. The van der Waals surface area contributed by atoms with Crippen molar-refractivity contribution in [2.75, 3.05) is 39.5 Å². The van der Waals surface area contributed by atoms with Crippen LogP contribution in [-0.2, 0) is 16.0 Å². The highest BCUT2D eigenvalue weighted by atomic mass is 35.5. The Kier molecular flexibility index (Phi) is 14.0. The van der Waals surface area contributed by atoms with Crippen molar-refractivity contribution in [3.05, 3.63) is 58.1 Å². The van der Waals surface area contributed by atoms with Crippen LogP contribution in [0, 0.1) is 0 Å². The van der Waals surface area contributed by atoms with Gasteiger partial charge in [0.2, 0.25) is 0 Å². The molecule has 10 heteroatoms. The van der Waals surface area contributed by atoms with E-state index in [-0.39, 0.29) is 12.5 Å². The number of benzene rings is 2. The minimum absolute atomic E-state index is 0.145. The van der Waals surface area contributed by atoms with Crippen LogP contribution >= 0.6 is 23.2 Å². The van der Waals surface area contributed by atoms with Gasteiger partial charge in [-0.05, 0) is 55.7 Å². The van der Waals surface area contributed by atoms with Crippen LogP contribution in [0.5, 0.6) is 11.5 Å². The van der Waals surface area contributed by atoms with E-state index >= 15 is 0 Å². The van der Waals surface area contributed by atoms with Gasteiger partial charge in [-0.2, -0.15) is 0 Å². The summed E-state index contributed by atoms with van der Waals surface area (Å²) >= 11 is 12.0. The van der Waals surface area contributed by atoms with Gasteiger partial charge in [0.15, 0.2) is 6.10 Å². The third-order valence-electron chi connectivity index (χ3n) is 5.39. The molecule has 2 amide bonds. The quantitative estimate of drug-likeness (QED) is 0.244. The highest BCUT2D eigenvalue weighted by Crippen LogP contribution is 2.24. The molecule has 2 rings (SSSR count). The molecule has 2 N–H and O–H groups in total. The summed E-state index contributed by atoms with van der Waals surface area (Å²) in [6, 6.07) is 12.1. The van der Waals surface area contributed by atoms with Crippen LogP contribution in [0.4, 0.5) is 4.79 Å². The van der Waals surface area contributed by atoms with Gasteiger partial charge in [0, 0.05) is 36.2 Å². The number of urea groups is 1. The number of nitrogens with one attached hydrogen (secondary N) is 1. The Hall–Kier alpha value is -2.68. The number of hydrogen-bond donors (Lipinski definition) is 2. The lowest BCUT2D eigenvalue weighted by Crippen LogP contribution is -2.43. The normalized spacial score (nSPS) is 11.6. The van der Waals surface area contributed by atoms with E-state index in [2.05, 4.69) is 12.2 Å². The molecule has 0 aliphatic rings. The summed E-state index contributed by atoms with van der Waals surface area (Å²) in [6.07, 6.45) is 1.92. The number of carbonyl (C=O) groups is 2. The number of carboxylic acids is 1. The van der Waals surface area contributed by atoms with Crippen LogP contribution in [0.3, 0.4) is 0 Å². The highest BCUT2D eigenvalue weighted by Gasteiger charge is 2.18. The molecule has 0 saturated heterocycles. The Morgan fingerprint density at radius 1 is 0.946 bits per heavy atom. The van der Waals surface area contributed by atoms with Gasteiger partial charge in [0.25, 0.3) is 0 Å². The summed E-state index contributed by atoms with van der Waals surface area (Å²) in [6.45, 7) is 6.38. The summed E-state index contributed by atoms with van der Waals surface area (Å²) in [5.74, 6) is 0.236. The lowest BCUT2D eigenvalue weighted by Gasteiger charge is -2.23. The average Bonchev–Trinajstić information content (AvgIpc) is 2.85. The number of amides is 2. The zero-order valence-corrected chi connectivity index (χ0v) is 22.9. The monoisotopic (exact) mass is 554 g/mol. The SMILES string of the molecule is CCCCNC(=O)N(CCCOc1cc(Cl)cc(Cl)c1)CCOc1ccc(CC(OCC)C(=O)O)cc1. The number of carboxylic acid groups (broad SMARTS) is 1. The standard InChI is InChI=1S/C27H36Cl2N2O6/c1-3-5-11-30-27(34)31(12-6-14-36-24-18-21(28)17-22(29)19-24)13-15-37-23-9-7-20(8-10-23)16-25(26(32)33)35-4-2/h7-10,17-19,25H,3-6,11-16H2,1-2H3,(H,30,34)(H,32,33). The predicted octanol–water partition coefficient (Wildman–Crippen LogP) is 5.69. The molecule has 37 heavy (non-hydrogen) atoms. The lowest BCUT2D eigenvalue weighted by molar-refractivity contribution is -0.149. The number of carbonyl (C=O) groups excluding carboxylic acids is 1. The van der Waals surface area contributed by atoms with Crippen molar-refractivity contribution in [1.29, 1.82) is 0 Å². The predicted molar refractivity (Wildman–Crippen MR) is 145 cm³/mol. The fourth-order valence-electron chi connectivity index (χ4n) is 3.48. The van der Waals surface area contributed by atoms with Crippen LogP contribution < -0.4 is 14.8 Å². The molecule has 0 heterocycles. The molecule has 0 bridgehead atoms. The van der Waals surface area contributed by atoms with Crippen LogP contribution in [0.25, 0.3) is 0 Å². The first kappa shape index (κ1) is 30.5. The second-order valence-electron chi connectivity index (χ2n) is 8.36. The molecule has 2 aromatic carbocycles. The maximum atomic E-state index is 12.7. The number of ether oxygens (including phenoxy) is 3. The summed E-state index contributed by atoms with van der Waals surface area (Å²) in [5, 5.41) is 13.2. The number of aliphatic carboxylic acids is 1. The highest BCUT2D eigenvalue weighted by molar-refractivity contribution is 6.34. The van der Waals surface area contributed by atoms with Gasteiger partial charge in [-0.3, -0.25) is 0 Å². The molecule has 2 aromatic rings. The molecule has 0 radical (unpaired) electrons. The van der Waals surface area contributed by atoms with E-state index in [1.54, 1.807) is 42.2 Å². The van der Waals surface area contributed by atoms with E-state index in [0.29, 0.717) is 67.4 Å². The van der Waals surface area contributed by atoms with Crippen molar-refractivity contribution in [3.63, 3.8) is 0 Å². The zero-order valence-electron chi connectivity index (χ0n) is 21.4. The topological polar surface area (TPSA) is 97.3 Å². The van der Waals surface area contributed by atoms with Crippen molar-refractivity contribution in [1.82, 2.24) is 10.2 Å². The molecule has 1 atom stereocenters. The van der Waals surface area contributed by atoms with E-state index in [1.165, 1.54) is 0 Å². The van der Waals surface area contributed by atoms with Gasteiger partial charge in [-0.15, -0.1) is 0 Å². The lowest BCUT2D eigenvalue weighted by atomic mass is 10.1. The summed E-state index contributed by atoms with van der Waals surface area (Å²) in [5.41, 5.74) is 0.839. The van der Waals surface area contributed by atoms with E-state index < -0.39 is 12.1 Å². The van der Waals surface area contributed by atoms with Crippen LogP contribution in [-0.4, -0.2) is 67.6 Å². The Morgan fingerprint density at radius 3 is 2.24 bits per heavy atom.